The first kappa shape index (κ1) is 11.9. The lowest BCUT2D eigenvalue weighted by Gasteiger charge is -2.18. The van der Waals surface area contributed by atoms with Crippen molar-refractivity contribution in [2.75, 3.05) is 19.6 Å². The Labute approximate surface area is 97.0 Å². The van der Waals surface area contributed by atoms with Crippen LogP contribution in [0.4, 0.5) is 0 Å². The maximum atomic E-state index is 11.7. The minimum atomic E-state index is -0.207. The molecule has 2 fully saturated rings. The van der Waals surface area contributed by atoms with Crippen LogP contribution in [0.5, 0.6) is 0 Å². The Hall–Kier alpha value is -0.610. The van der Waals surface area contributed by atoms with Gasteiger partial charge < -0.3 is 15.3 Å². The number of carbonyl (C=O) groups excluding carboxylic acids is 1. The molecule has 4 nitrogen and oxygen atoms in total. The monoisotopic (exact) mass is 226 g/mol. The van der Waals surface area contributed by atoms with Gasteiger partial charge in [0.25, 0.3) is 0 Å². The van der Waals surface area contributed by atoms with Gasteiger partial charge in [-0.2, -0.15) is 0 Å². The number of nitrogens with zero attached hydrogens (tertiary/aromatic N) is 1. The molecular formula is C12H22N2O2. The first-order valence-electron chi connectivity index (χ1n) is 6.46. The molecular weight excluding hydrogens is 204 g/mol. The van der Waals surface area contributed by atoms with Crippen LogP contribution in [0.15, 0.2) is 0 Å². The summed E-state index contributed by atoms with van der Waals surface area (Å²) in [5.41, 5.74) is 0. The summed E-state index contributed by atoms with van der Waals surface area (Å²) >= 11 is 0. The molecule has 0 spiro atoms. The molecule has 2 N–H and O–H groups in total. The zero-order valence-electron chi connectivity index (χ0n) is 9.82. The topological polar surface area (TPSA) is 52.6 Å². The second-order valence-corrected chi connectivity index (χ2v) is 4.90. The highest BCUT2D eigenvalue weighted by Crippen LogP contribution is 2.18. The molecule has 0 aromatic carbocycles. The van der Waals surface area contributed by atoms with Crippen LogP contribution in [0.2, 0.25) is 0 Å². The smallest absolute Gasteiger partial charge is 0.223 e. The maximum Gasteiger partial charge on any atom is 0.223 e. The minimum Gasteiger partial charge on any atom is -0.392 e. The Morgan fingerprint density at radius 3 is 2.62 bits per heavy atom. The van der Waals surface area contributed by atoms with E-state index in [0.29, 0.717) is 13.0 Å². The molecule has 2 rings (SSSR count). The van der Waals surface area contributed by atoms with Crippen molar-refractivity contribution >= 4 is 5.91 Å². The maximum absolute atomic E-state index is 11.7. The number of aliphatic hydroxyl groups is 1. The molecule has 16 heavy (non-hydrogen) atoms. The van der Waals surface area contributed by atoms with E-state index in [-0.39, 0.29) is 18.1 Å². The van der Waals surface area contributed by atoms with Crippen molar-refractivity contribution in [1.82, 2.24) is 10.2 Å². The Morgan fingerprint density at radius 2 is 2.00 bits per heavy atom. The van der Waals surface area contributed by atoms with Crippen LogP contribution in [-0.2, 0) is 4.79 Å². The van der Waals surface area contributed by atoms with E-state index in [9.17, 15) is 9.90 Å². The molecule has 1 aliphatic heterocycles. The van der Waals surface area contributed by atoms with Crippen molar-refractivity contribution in [1.29, 1.82) is 0 Å². The third-order valence-corrected chi connectivity index (χ3v) is 3.68. The van der Waals surface area contributed by atoms with E-state index in [2.05, 4.69) is 5.32 Å². The van der Waals surface area contributed by atoms with Crippen molar-refractivity contribution in [3.63, 3.8) is 0 Å². The predicted molar refractivity (Wildman–Crippen MR) is 62.1 cm³/mol. The van der Waals surface area contributed by atoms with Gasteiger partial charge in [0.1, 0.15) is 0 Å². The van der Waals surface area contributed by atoms with Gasteiger partial charge in [0, 0.05) is 32.1 Å². The van der Waals surface area contributed by atoms with E-state index in [4.69, 9.17) is 0 Å². The zero-order chi connectivity index (χ0) is 11.4. The molecule has 0 radical (unpaired) electrons. The Kier molecular flexibility index (Phi) is 4.18. The molecule has 1 aliphatic carbocycles. The summed E-state index contributed by atoms with van der Waals surface area (Å²) < 4.78 is 0. The fourth-order valence-electron chi connectivity index (χ4n) is 2.67. The van der Waals surface area contributed by atoms with Gasteiger partial charge in [-0.05, 0) is 32.1 Å². The average molecular weight is 226 g/mol. The van der Waals surface area contributed by atoms with E-state index in [1.54, 1.807) is 0 Å². The van der Waals surface area contributed by atoms with E-state index < -0.39 is 0 Å². The fraction of sp³-hybridized carbons (Fsp3) is 0.917. The van der Waals surface area contributed by atoms with E-state index in [0.717, 1.165) is 45.2 Å². The van der Waals surface area contributed by atoms with Crippen LogP contribution in [-0.4, -0.2) is 47.7 Å². The first-order valence-corrected chi connectivity index (χ1v) is 6.46. The molecule has 0 unspecified atom stereocenters. The minimum absolute atomic E-state index is 0.207. The lowest BCUT2D eigenvalue weighted by molar-refractivity contribution is -0.130. The molecule has 4 heteroatoms. The molecule has 0 aromatic heterocycles. The van der Waals surface area contributed by atoms with Crippen LogP contribution in [0.1, 0.15) is 38.5 Å². The van der Waals surface area contributed by atoms with E-state index in [1.807, 2.05) is 4.90 Å². The van der Waals surface area contributed by atoms with Gasteiger partial charge in [0.05, 0.1) is 6.10 Å². The van der Waals surface area contributed by atoms with E-state index in [1.165, 1.54) is 0 Å². The highest BCUT2D eigenvalue weighted by Gasteiger charge is 2.25. The number of hydrogen-bond donors (Lipinski definition) is 2. The first-order chi connectivity index (χ1) is 7.77. The molecule has 1 saturated carbocycles. The SMILES string of the molecule is O=C(CCN[C@H]1CCC[C@@H]1O)N1CCCC1. The van der Waals surface area contributed by atoms with Crippen LogP contribution in [0.3, 0.4) is 0 Å². The third kappa shape index (κ3) is 2.95. The number of carbonyl (C=O) groups is 1. The summed E-state index contributed by atoms with van der Waals surface area (Å²) in [6.07, 6.45) is 5.71. The van der Waals surface area contributed by atoms with Gasteiger partial charge in [-0.25, -0.2) is 0 Å². The Morgan fingerprint density at radius 1 is 1.25 bits per heavy atom. The number of hydrogen-bond acceptors (Lipinski definition) is 3. The summed E-state index contributed by atoms with van der Waals surface area (Å²) in [4.78, 5) is 13.7. The highest BCUT2D eigenvalue weighted by atomic mass is 16.3. The van der Waals surface area contributed by atoms with Crippen molar-refractivity contribution in [3.8, 4) is 0 Å². The molecule has 92 valence electrons. The van der Waals surface area contributed by atoms with Gasteiger partial charge >= 0.3 is 0 Å². The second-order valence-electron chi connectivity index (χ2n) is 4.90. The summed E-state index contributed by atoms with van der Waals surface area (Å²) in [5.74, 6) is 0.262. The fourth-order valence-corrected chi connectivity index (χ4v) is 2.67. The molecule has 1 heterocycles. The number of amides is 1. The molecule has 2 aliphatic rings. The van der Waals surface area contributed by atoms with Crippen LogP contribution in [0.25, 0.3) is 0 Å². The lowest BCUT2D eigenvalue weighted by atomic mass is 10.2. The van der Waals surface area contributed by atoms with Crippen LogP contribution < -0.4 is 5.32 Å². The normalized spacial score (nSPS) is 29.9. The summed E-state index contributed by atoms with van der Waals surface area (Å²) in [7, 11) is 0. The average Bonchev–Trinajstić information content (AvgIpc) is 2.90. The highest BCUT2D eigenvalue weighted by molar-refractivity contribution is 5.76. The number of likely N-dealkylation sites (tertiary alicyclic amines) is 1. The molecule has 0 aromatic rings. The van der Waals surface area contributed by atoms with Crippen LogP contribution >= 0.6 is 0 Å². The lowest BCUT2D eigenvalue weighted by Crippen LogP contribution is -2.38. The number of aliphatic hydroxyl groups excluding tert-OH is 1. The second kappa shape index (κ2) is 5.64. The predicted octanol–water partition coefficient (Wildman–Crippen LogP) is 0.502. The molecule has 1 amide bonds. The van der Waals surface area contributed by atoms with Gasteiger partial charge in [-0.3, -0.25) is 4.79 Å². The summed E-state index contributed by atoms with van der Waals surface area (Å²) in [6.45, 7) is 2.58. The summed E-state index contributed by atoms with van der Waals surface area (Å²) in [6, 6.07) is 0.214. The molecule has 0 bridgehead atoms. The van der Waals surface area contributed by atoms with Crippen LogP contribution in [0, 0.1) is 0 Å². The van der Waals surface area contributed by atoms with Crippen molar-refractivity contribution in [3.05, 3.63) is 0 Å². The van der Waals surface area contributed by atoms with Gasteiger partial charge in [0.2, 0.25) is 5.91 Å². The Balaban J connectivity index is 1.61. The molecule has 1 saturated heterocycles. The largest absolute Gasteiger partial charge is 0.392 e. The van der Waals surface area contributed by atoms with Gasteiger partial charge in [-0.1, -0.05) is 0 Å². The number of nitrogens with one attached hydrogen (secondary N) is 1. The molecule has 2 atom stereocenters. The summed E-state index contributed by atoms with van der Waals surface area (Å²) in [5, 5.41) is 12.9. The Bertz CT molecular complexity index is 239. The number of rotatable bonds is 4. The van der Waals surface area contributed by atoms with Gasteiger partial charge in [0.15, 0.2) is 0 Å². The van der Waals surface area contributed by atoms with E-state index >= 15 is 0 Å². The van der Waals surface area contributed by atoms with Crippen molar-refractivity contribution in [2.45, 2.75) is 50.7 Å². The zero-order valence-corrected chi connectivity index (χ0v) is 9.82. The quantitative estimate of drug-likeness (QED) is 0.734. The van der Waals surface area contributed by atoms with Gasteiger partial charge in [-0.15, -0.1) is 0 Å². The third-order valence-electron chi connectivity index (χ3n) is 3.68. The standard InChI is InChI=1S/C12H22N2O2/c15-11-5-3-4-10(11)13-7-6-12(16)14-8-1-2-9-14/h10-11,13,15H,1-9H2/t10-,11-/m0/s1. The van der Waals surface area contributed by atoms with Crippen molar-refractivity contribution < 1.29 is 9.90 Å². The van der Waals surface area contributed by atoms with Crippen molar-refractivity contribution in [2.24, 2.45) is 0 Å².